The lowest BCUT2D eigenvalue weighted by molar-refractivity contribution is 0.140. The van der Waals surface area contributed by atoms with E-state index in [0.29, 0.717) is 12.8 Å². The molecule has 0 spiro atoms. The number of aryl methyl sites for hydroxylation is 1. The summed E-state index contributed by atoms with van der Waals surface area (Å²) in [5, 5.41) is 9.54. The predicted octanol–water partition coefficient (Wildman–Crippen LogP) is 1.68. The molecule has 1 heterocycles. The van der Waals surface area contributed by atoms with Crippen LogP contribution in [0.1, 0.15) is 25.0 Å². The molecule has 0 unspecified atom stereocenters. The number of hydrogen-bond donors (Lipinski definition) is 1. The minimum Gasteiger partial charge on any atom is -0.390 e. The highest BCUT2D eigenvalue weighted by Gasteiger charge is 2.39. The second-order valence-corrected chi connectivity index (χ2v) is 3.69. The molecule has 1 N–H and O–H groups in total. The van der Waals surface area contributed by atoms with Gasteiger partial charge in [-0.1, -0.05) is 0 Å². The Hall–Kier alpha value is -0.960. The van der Waals surface area contributed by atoms with Crippen molar-refractivity contribution in [2.24, 2.45) is 0 Å². The smallest absolute Gasteiger partial charge is 0.126 e. The largest absolute Gasteiger partial charge is 0.390 e. The van der Waals surface area contributed by atoms with Crippen LogP contribution < -0.4 is 0 Å². The molecule has 70 valence electrons. The van der Waals surface area contributed by atoms with Crippen molar-refractivity contribution in [1.29, 1.82) is 0 Å². The molecule has 1 aliphatic carbocycles. The number of rotatable bonds is 3. The van der Waals surface area contributed by atoms with Crippen LogP contribution in [-0.2, 0) is 6.42 Å². The Morgan fingerprint density at radius 3 is 2.92 bits per heavy atom. The van der Waals surface area contributed by atoms with E-state index in [1.807, 2.05) is 0 Å². The number of aromatic nitrogens is 1. The molecule has 0 amide bonds. The fourth-order valence-corrected chi connectivity index (χ4v) is 1.34. The highest BCUT2D eigenvalue weighted by Crippen LogP contribution is 2.38. The Morgan fingerprint density at radius 2 is 2.31 bits per heavy atom. The van der Waals surface area contributed by atoms with E-state index in [2.05, 4.69) is 4.98 Å². The van der Waals surface area contributed by atoms with Gasteiger partial charge < -0.3 is 5.11 Å². The summed E-state index contributed by atoms with van der Waals surface area (Å²) in [6, 6.07) is 2.75. The van der Waals surface area contributed by atoms with Gasteiger partial charge in [0.15, 0.2) is 0 Å². The summed E-state index contributed by atoms with van der Waals surface area (Å²) in [5.74, 6) is -0.257. The molecule has 0 atom stereocenters. The molecule has 0 bridgehead atoms. The van der Waals surface area contributed by atoms with Gasteiger partial charge in [0.25, 0.3) is 0 Å². The molecule has 2 nitrogen and oxygen atoms in total. The standard InChI is InChI=1S/C10H12FNO/c11-8-2-6-12-9(7-8)1-3-10(13)4-5-10/h2,6-7,13H,1,3-5H2. The molecule has 2 rings (SSSR count). The monoisotopic (exact) mass is 181 g/mol. The normalized spacial score (nSPS) is 18.6. The highest BCUT2D eigenvalue weighted by molar-refractivity contribution is 5.07. The van der Waals surface area contributed by atoms with Gasteiger partial charge in [-0.25, -0.2) is 4.39 Å². The van der Waals surface area contributed by atoms with Gasteiger partial charge in [0, 0.05) is 11.9 Å². The second kappa shape index (κ2) is 3.07. The van der Waals surface area contributed by atoms with E-state index < -0.39 is 5.60 Å². The van der Waals surface area contributed by atoms with Crippen molar-refractivity contribution in [3.63, 3.8) is 0 Å². The van der Waals surface area contributed by atoms with E-state index in [0.717, 1.165) is 18.5 Å². The molecule has 0 aromatic carbocycles. The van der Waals surface area contributed by atoms with E-state index in [1.165, 1.54) is 18.3 Å². The van der Waals surface area contributed by atoms with E-state index in [4.69, 9.17) is 0 Å². The summed E-state index contributed by atoms with van der Waals surface area (Å²) >= 11 is 0. The van der Waals surface area contributed by atoms with Gasteiger partial charge in [-0.2, -0.15) is 0 Å². The zero-order valence-electron chi connectivity index (χ0n) is 7.33. The second-order valence-electron chi connectivity index (χ2n) is 3.69. The molecule has 0 aliphatic heterocycles. The number of hydrogen-bond acceptors (Lipinski definition) is 2. The summed E-state index contributed by atoms with van der Waals surface area (Å²) in [7, 11) is 0. The third-order valence-electron chi connectivity index (χ3n) is 2.45. The Bertz CT molecular complexity index is 310. The van der Waals surface area contributed by atoms with E-state index in [9.17, 15) is 9.50 Å². The number of aliphatic hydroxyl groups is 1. The SMILES string of the molecule is OC1(CCc2cc(F)ccn2)CC1. The first-order valence-corrected chi connectivity index (χ1v) is 4.51. The van der Waals surface area contributed by atoms with Gasteiger partial charge in [-0.05, 0) is 37.8 Å². The Morgan fingerprint density at radius 1 is 1.54 bits per heavy atom. The van der Waals surface area contributed by atoms with Crippen LogP contribution in [0.4, 0.5) is 4.39 Å². The molecule has 1 aromatic heterocycles. The summed E-state index contributed by atoms with van der Waals surface area (Å²) < 4.78 is 12.7. The zero-order valence-corrected chi connectivity index (χ0v) is 7.33. The van der Waals surface area contributed by atoms with Crippen molar-refractivity contribution in [2.75, 3.05) is 0 Å². The van der Waals surface area contributed by atoms with Crippen LogP contribution in [0.5, 0.6) is 0 Å². The van der Waals surface area contributed by atoms with Gasteiger partial charge in [0.05, 0.1) is 5.60 Å². The maximum Gasteiger partial charge on any atom is 0.126 e. The van der Waals surface area contributed by atoms with Gasteiger partial charge in [0.1, 0.15) is 5.82 Å². The fraction of sp³-hybridized carbons (Fsp3) is 0.500. The maximum atomic E-state index is 12.7. The molecular weight excluding hydrogens is 169 g/mol. The lowest BCUT2D eigenvalue weighted by Gasteiger charge is -2.05. The Balaban J connectivity index is 1.94. The van der Waals surface area contributed by atoms with Gasteiger partial charge in [0.2, 0.25) is 0 Å². The zero-order chi connectivity index (χ0) is 9.31. The van der Waals surface area contributed by atoms with Crippen molar-refractivity contribution in [1.82, 2.24) is 4.98 Å². The number of nitrogens with zero attached hydrogens (tertiary/aromatic N) is 1. The van der Waals surface area contributed by atoms with Gasteiger partial charge in [-0.3, -0.25) is 4.98 Å². The molecule has 0 saturated heterocycles. The van der Waals surface area contributed by atoms with Crippen molar-refractivity contribution in [2.45, 2.75) is 31.3 Å². The third kappa shape index (κ3) is 2.25. The van der Waals surface area contributed by atoms with Crippen LogP contribution in [0.15, 0.2) is 18.3 Å². The first-order chi connectivity index (χ1) is 6.18. The van der Waals surface area contributed by atoms with Crippen molar-refractivity contribution in [3.05, 3.63) is 29.8 Å². The van der Waals surface area contributed by atoms with Crippen LogP contribution in [0.25, 0.3) is 0 Å². The van der Waals surface area contributed by atoms with E-state index in [1.54, 1.807) is 0 Å². The summed E-state index contributed by atoms with van der Waals surface area (Å²) in [6.45, 7) is 0. The van der Waals surface area contributed by atoms with Crippen LogP contribution in [-0.4, -0.2) is 15.7 Å². The van der Waals surface area contributed by atoms with Crippen molar-refractivity contribution >= 4 is 0 Å². The fourth-order valence-electron chi connectivity index (χ4n) is 1.34. The average Bonchev–Trinajstić information content (AvgIpc) is 2.82. The average molecular weight is 181 g/mol. The van der Waals surface area contributed by atoms with Gasteiger partial charge in [-0.15, -0.1) is 0 Å². The van der Waals surface area contributed by atoms with Crippen molar-refractivity contribution < 1.29 is 9.50 Å². The van der Waals surface area contributed by atoms with Gasteiger partial charge >= 0.3 is 0 Å². The summed E-state index contributed by atoms with van der Waals surface area (Å²) in [5.41, 5.74) is 0.258. The molecule has 1 aromatic rings. The molecule has 1 saturated carbocycles. The Kier molecular flexibility index (Phi) is 2.04. The lowest BCUT2D eigenvalue weighted by atomic mass is 10.1. The first-order valence-electron chi connectivity index (χ1n) is 4.51. The predicted molar refractivity (Wildman–Crippen MR) is 46.7 cm³/mol. The van der Waals surface area contributed by atoms with Crippen LogP contribution in [0.2, 0.25) is 0 Å². The van der Waals surface area contributed by atoms with Crippen LogP contribution in [0.3, 0.4) is 0 Å². The minimum absolute atomic E-state index is 0.257. The molecule has 13 heavy (non-hydrogen) atoms. The third-order valence-corrected chi connectivity index (χ3v) is 2.45. The molecule has 0 radical (unpaired) electrons. The lowest BCUT2D eigenvalue weighted by Crippen LogP contribution is -2.08. The summed E-state index contributed by atoms with van der Waals surface area (Å²) in [4.78, 5) is 4.02. The van der Waals surface area contributed by atoms with Crippen LogP contribution >= 0.6 is 0 Å². The molecule has 3 heteroatoms. The number of halogens is 1. The quantitative estimate of drug-likeness (QED) is 0.769. The molecule has 1 aliphatic rings. The Labute approximate surface area is 76.4 Å². The van der Waals surface area contributed by atoms with Crippen LogP contribution in [0, 0.1) is 5.82 Å². The molecular formula is C10H12FNO. The maximum absolute atomic E-state index is 12.7. The molecule has 1 fully saturated rings. The number of pyridine rings is 1. The summed E-state index contributed by atoms with van der Waals surface area (Å²) in [6.07, 6.45) is 4.57. The van der Waals surface area contributed by atoms with Crippen molar-refractivity contribution in [3.8, 4) is 0 Å². The minimum atomic E-state index is -0.464. The van der Waals surface area contributed by atoms with E-state index >= 15 is 0 Å². The highest BCUT2D eigenvalue weighted by atomic mass is 19.1. The van der Waals surface area contributed by atoms with E-state index in [-0.39, 0.29) is 5.82 Å². The topological polar surface area (TPSA) is 33.1 Å². The first kappa shape index (κ1) is 8.63.